The molecule has 0 saturated heterocycles. The Bertz CT molecular complexity index is 708. The molecule has 5 aromatic rings. The van der Waals surface area contributed by atoms with E-state index in [1.807, 2.05) is 0 Å². The van der Waals surface area contributed by atoms with Gasteiger partial charge >= 0.3 is 0 Å². The zero-order valence-corrected chi connectivity index (χ0v) is 8.70. The molecular weight excluding hydrogens is 192 g/mol. The highest BCUT2D eigenvalue weighted by Gasteiger charge is 2.04. The van der Waals surface area contributed by atoms with Crippen molar-refractivity contribution in [2.45, 2.75) is 0 Å². The van der Waals surface area contributed by atoms with E-state index in [0.29, 0.717) is 0 Å². The van der Waals surface area contributed by atoms with Crippen LogP contribution in [0.2, 0.25) is 0 Å². The molecule has 0 atom stereocenters. The molecule has 0 aliphatic carbocycles. The van der Waals surface area contributed by atoms with E-state index in [1.165, 1.54) is 32.3 Å². The van der Waals surface area contributed by atoms with Crippen molar-refractivity contribution in [2.75, 3.05) is 0 Å². The van der Waals surface area contributed by atoms with Gasteiger partial charge in [-0.2, -0.15) is 0 Å². The van der Waals surface area contributed by atoms with Crippen molar-refractivity contribution >= 4 is 32.3 Å². The zero-order valence-electron chi connectivity index (χ0n) is 8.70. The maximum atomic E-state index is 3.52. The molecule has 0 spiro atoms. The summed E-state index contributed by atoms with van der Waals surface area (Å²) in [5.41, 5.74) is 0. The summed E-state index contributed by atoms with van der Waals surface area (Å²) in [6.07, 6.45) is 0. The first-order chi connectivity index (χ1) is 7.92. The van der Waals surface area contributed by atoms with E-state index < -0.39 is 0 Å². The lowest BCUT2D eigenvalue weighted by Gasteiger charge is -2.07. The summed E-state index contributed by atoms with van der Waals surface area (Å²) in [7, 11) is 0. The molecule has 73 valence electrons. The molecule has 5 aromatic carbocycles. The highest BCUT2D eigenvalue weighted by molar-refractivity contribution is 6.13. The van der Waals surface area contributed by atoms with Gasteiger partial charge in [0.1, 0.15) is 0 Å². The normalized spacial score (nSPS) is 11.8. The number of hydrogen-bond acceptors (Lipinski definition) is 0. The molecule has 0 nitrogen and oxygen atoms in total. The fourth-order valence-corrected chi connectivity index (χ4v) is 2.44. The SMILES string of the molecule is [c]1c2ccccc2cc2c3ccc(cc3)c12. The van der Waals surface area contributed by atoms with Crippen LogP contribution in [0.1, 0.15) is 0 Å². The first kappa shape index (κ1) is 8.12. The summed E-state index contributed by atoms with van der Waals surface area (Å²) in [5, 5.41) is 7.60. The van der Waals surface area contributed by atoms with Crippen LogP contribution in [-0.4, -0.2) is 0 Å². The lowest BCUT2D eigenvalue weighted by molar-refractivity contribution is 1.77. The van der Waals surface area contributed by atoms with Crippen molar-refractivity contribution in [3.05, 3.63) is 60.7 Å². The minimum absolute atomic E-state index is 1.20. The molecule has 5 rings (SSSR count). The van der Waals surface area contributed by atoms with Crippen molar-refractivity contribution in [3.63, 3.8) is 0 Å². The average Bonchev–Trinajstić information content (AvgIpc) is 2.38. The van der Waals surface area contributed by atoms with Gasteiger partial charge in [-0.15, -0.1) is 0 Å². The van der Waals surface area contributed by atoms with Crippen molar-refractivity contribution in [1.29, 1.82) is 0 Å². The van der Waals surface area contributed by atoms with Crippen molar-refractivity contribution in [3.8, 4) is 0 Å². The Morgan fingerprint density at radius 1 is 0.688 bits per heavy atom. The molecule has 0 aliphatic heterocycles. The first-order valence-corrected chi connectivity index (χ1v) is 5.48. The van der Waals surface area contributed by atoms with E-state index in [-0.39, 0.29) is 0 Å². The lowest BCUT2D eigenvalue weighted by atomic mass is 9.96. The fraction of sp³-hybridized carbons (Fsp3) is 0. The number of benzene rings is 5. The highest BCUT2D eigenvalue weighted by atomic mass is 14.1. The van der Waals surface area contributed by atoms with E-state index in [1.54, 1.807) is 0 Å². The smallest absolute Gasteiger partial charge is 0.000786 e. The Morgan fingerprint density at radius 2 is 1.44 bits per heavy atom. The van der Waals surface area contributed by atoms with Crippen LogP contribution in [0.15, 0.2) is 54.6 Å². The van der Waals surface area contributed by atoms with Gasteiger partial charge in [0.2, 0.25) is 0 Å². The third kappa shape index (κ3) is 0.938. The molecule has 0 unspecified atom stereocenters. The number of hydrogen-bond donors (Lipinski definition) is 0. The Hall–Kier alpha value is -2.08. The van der Waals surface area contributed by atoms with Gasteiger partial charge in [-0.3, -0.25) is 0 Å². The van der Waals surface area contributed by atoms with Gasteiger partial charge in [0.15, 0.2) is 0 Å². The molecule has 0 heteroatoms. The van der Waals surface area contributed by atoms with Crippen LogP contribution < -0.4 is 0 Å². The molecular formula is C16H9. The van der Waals surface area contributed by atoms with E-state index >= 15 is 0 Å². The number of rotatable bonds is 0. The summed E-state index contributed by atoms with van der Waals surface area (Å²) in [6.45, 7) is 0. The Balaban J connectivity index is 2.35. The third-order valence-electron chi connectivity index (χ3n) is 3.27. The first-order valence-electron chi connectivity index (χ1n) is 5.48. The molecule has 0 saturated carbocycles. The van der Waals surface area contributed by atoms with Crippen LogP contribution in [0, 0.1) is 6.07 Å². The average molecular weight is 201 g/mol. The topological polar surface area (TPSA) is 0 Å². The Morgan fingerprint density at radius 3 is 2.31 bits per heavy atom. The Kier molecular flexibility index (Phi) is 1.39. The molecule has 16 heavy (non-hydrogen) atoms. The maximum absolute atomic E-state index is 3.52. The van der Waals surface area contributed by atoms with E-state index in [2.05, 4.69) is 60.7 Å². The van der Waals surface area contributed by atoms with Gasteiger partial charge in [0.05, 0.1) is 0 Å². The molecule has 0 aliphatic rings. The van der Waals surface area contributed by atoms with Crippen LogP contribution >= 0.6 is 0 Å². The van der Waals surface area contributed by atoms with Gasteiger partial charge in [-0.05, 0) is 44.5 Å². The molecule has 0 N–H and O–H groups in total. The predicted octanol–water partition coefficient (Wildman–Crippen LogP) is 4.38. The predicted molar refractivity (Wildman–Crippen MR) is 69.0 cm³/mol. The largest absolute Gasteiger partial charge is 0.0616 e. The fourth-order valence-electron chi connectivity index (χ4n) is 2.44. The molecule has 0 fully saturated rings. The van der Waals surface area contributed by atoms with Gasteiger partial charge in [-0.25, -0.2) is 0 Å². The second-order valence-corrected chi connectivity index (χ2v) is 4.22. The second-order valence-electron chi connectivity index (χ2n) is 4.22. The summed E-state index contributed by atoms with van der Waals surface area (Å²) in [5.74, 6) is 0. The quantitative estimate of drug-likeness (QED) is 0.370. The second kappa shape index (κ2) is 2.73. The number of fused-ring (bicyclic) bond motifs is 3. The molecule has 1 radical (unpaired) electrons. The maximum Gasteiger partial charge on any atom is -0.000786 e. The van der Waals surface area contributed by atoms with Crippen molar-refractivity contribution in [1.82, 2.24) is 0 Å². The van der Waals surface area contributed by atoms with Crippen LogP contribution in [0.3, 0.4) is 0 Å². The van der Waals surface area contributed by atoms with E-state index in [4.69, 9.17) is 0 Å². The minimum atomic E-state index is 1.20. The van der Waals surface area contributed by atoms with Crippen LogP contribution in [-0.2, 0) is 0 Å². The lowest BCUT2D eigenvalue weighted by Crippen LogP contribution is -1.81. The molecule has 2 bridgehead atoms. The zero-order chi connectivity index (χ0) is 10.5. The monoisotopic (exact) mass is 201 g/mol. The van der Waals surface area contributed by atoms with Crippen LogP contribution in [0.5, 0.6) is 0 Å². The van der Waals surface area contributed by atoms with Gasteiger partial charge in [-0.1, -0.05) is 48.5 Å². The van der Waals surface area contributed by atoms with Crippen molar-refractivity contribution < 1.29 is 0 Å². The van der Waals surface area contributed by atoms with Gasteiger partial charge in [0.25, 0.3) is 0 Å². The van der Waals surface area contributed by atoms with Gasteiger partial charge < -0.3 is 0 Å². The summed E-state index contributed by atoms with van der Waals surface area (Å²) in [6, 6.07) is 22.9. The minimum Gasteiger partial charge on any atom is -0.0616 e. The molecule has 0 amide bonds. The van der Waals surface area contributed by atoms with Crippen molar-refractivity contribution in [2.24, 2.45) is 0 Å². The van der Waals surface area contributed by atoms with E-state index in [9.17, 15) is 0 Å². The molecule has 0 heterocycles. The third-order valence-corrected chi connectivity index (χ3v) is 3.27. The Labute approximate surface area is 93.5 Å². The van der Waals surface area contributed by atoms with E-state index in [0.717, 1.165) is 0 Å². The van der Waals surface area contributed by atoms with Crippen LogP contribution in [0.4, 0.5) is 0 Å². The van der Waals surface area contributed by atoms with Crippen LogP contribution in [0.25, 0.3) is 32.3 Å². The standard InChI is InChI=1S/C16H9/c1-2-4-14-10-16-12-7-5-11(6-8-12)15(16)9-13(14)3-1/h1-9H. The van der Waals surface area contributed by atoms with Gasteiger partial charge in [0, 0.05) is 0 Å². The highest BCUT2D eigenvalue weighted by Crippen LogP contribution is 2.30. The molecule has 0 aromatic heterocycles. The summed E-state index contributed by atoms with van der Waals surface area (Å²) >= 11 is 0. The summed E-state index contributed by atoms with van der Waals surface area (Å²) in [4.78, 5) is 0. The summed E-state index contributed by atoms with van der Waals surface area (Å²) < 4.78 is 0.